The number of hydrogen-bond donors (Lipinski definition) is 2. The predicted molar refractivity (Wildman–Crippen MR) is 67.9 cm³/mol. The molecule has 1 amide bonds. The summed E-state index contributed by atoms with van der Waals surface area (Å²) >= 11 is 0. The quantitative estimate of drug-likeness (QED) is 0.800. The Morgan fingerprint density at radius 3 is 2.90 bits per heavy atom. The second-order valence-corrected chi connectivity index (χ2v) is 4.24. The summed E-state index contributed by atoms with van der Waals surface area (Å²) < 4.78 is 15.8. The summed E-state index contributed by atoms with van der Waals surface area (Å²) in [7, 11) is 0. The van der Waals surface area contributed by atoms with E-state index in [1.165, 1.54) is 6.92 Å². The molecule has 0 saturated heterocycles. The van der Waals surface area contributed by atoms with Gasteiger partial charge in [-0.15, -0.1) is 0 Å². The van der Waals surface area contributed by atoms with Crippen molar-refractivity contribution in [3.8, 4) is 17.2 Å². The number of carboxylic acids is 1. The van der Waals surface area contributed by atoms with Crippen molar-refractivity contribution in [2.24, 2.45) is 0 Å². The molecule has 1 aromatic carbocycles. The van der Waals surface area contributed by atoms with Crippen LogP contribution < -0.4 is 19.5 Å². The lowest BCUT2D eigenvalue weighted by molar-refractivity contribution is -0.141. The number of ether oxygens (including phenoxy) is 3. The lowest BCUT2D eigenvalue weighted by Crippen LogP contribution is -2.38. The van der Waals surface area contributed by atoms with Crippen LogP contribution in [0.1, 0.15) is 13.3 Å². The monoisotopic (exact) mass is 281 g/mol. The van der Waals surface area contributed by atoms with Gasteiger partial charge in [0.1, 0.15) is 11.8 Å². The van der Waals surface area contributed by atoms with Crippen LogP contribution in [0.4, 0.5) is 0 Å². The van der Waals surface area contributed by atoms with Crippen molar-refractivity contribution in [2.75, 3.05) is 13.4 Å². The number of nitrogens with one attached hydrogen (secondary N) is 1. The number of hydrogen-bond acceptors (Lipinski definition) is 5. The Balaban J connectivity index is 1.76. The summed E-state index contributed by atoms with van der Waals surface area (Å²) in [4.78, 5) is 22.0. The number of benzene rings is 1. The Kier molecular flexibility index (Phi) is 4.29. The van der Waals surface area contributed by atoms with Gasteiger partial charge in [0, 0.05) is 6.07 Å². The molecule has 1 unspecified atom stereocenters. The van der Waals surface area contributed by atoms with Crippen LogP contribution in [0.15, 0.2) is 18.2 Å². The van der Waals surface area contributed by atoms with Crippen molar-refractivity contribution >= 4 is 11.9 Å². The molecule has 2 rings (SSSR count). The van der Waals surface area contributed by atoms with Crippen LogP contribution in [0.25, 0.3) is 0 Å². The number of carbonyl (C=O) groups is 2. The van der Waals surface area contributed by atoms with Gasteiger partial charge in [-0.25, -0.2) is 0 Å². The first kappa shape index (κ1) is 14.0. The Bertz CT molecular complexity index is 516. The van der Waals surface area contributed by atoms with Crippen molar-refractivity contribution in [3.05, 3.63) is 18.2 Å². The zero-order valence-electron chi connectivity index (χ0n) is 10.9. The molecule has 0 bridgehead atoms. The maximum absolute atomic E-state index is 11.4. The highest BCUT2D eigenvalue weighted by atomic mass is 16.7. The summed E-state index contributed by atoms with van der Waals surface area (Å²) in [6.07, 6.45) is 0.0755. The molecular weight excluding hydrogens is 266 g/mol. The summed E-state index contributed by atoms with van der Waals surface area (Å²) in [6.45, 7) is 1.74. The molecule has 0 radical (unpaired) electrons. The summed E-state index contributed by atoms with van der Waals surface area (Å²) in [5, 5.41) is 11.0. The maximum Gasteiger partial charge on any atom is 0.325 e. The largest absolute Gasteiger partial charge is 0.493 e. The highest BCUT2D eigenvalue weighted by Gasteiger charge is 2.15. The first-order valence-corrected chi connectivity index (χ1v) is 6.11. The van der Waals surface area contributed by atoms with Gasteiger partial charge in [-0.1, -0.05) is 0 Å². The van der Waals surface area contributed by atoms with Crippen molar-refractivity contribution in [2.45, 2.75) is 19.4 Å². The van der Waals surface area contributed by atoms with Gasteiger partial charge >= 0.3 is 5.97 Å². The Morgan fingerprint density at radius 1 is 1.40 bits per heavy atom. The molecule has 0 saturated carbocycles. The van der Waals surface area contributed by atoms with Crippen LogP contribution in [0.5, 0.6) is 17.2 Å². The third-order valence-electron chi connectivity index (χ3n) is 2.69. The van der Waals surface area contributed by atoms with E-state index in [1.54, 1.807) is 18.2 Å². The van der Waals surface area contributed by atoms with Crippen LogP contribution in [-0.2, 0) is 9.59 Å². The van der Waals surface area contributed by atoms with Gasteiger partial charge in [-0.2, -0.15) is 0 Å². The smallest absolute Gasteiger partial charge is 0.325 e. The minimum absolute atomic E-state index is 0.0755. The highest BCUT2D eigenvalue weighted by Crippen LogP contribution is 2.35. The average molecular weight is 281 g/mol. The normalized spacial score (nSPS) is 13.7. The van der Waals surface area contributed by atoms with Gasteiger partial charge in [0.05, 0.1) is 13.0 Å². The number of amides is 1. The molecule has 0 aromatic heterocycles. The molecule has 7 heteroatoms. The minimum Gasteiger partial charge on any atom is -0.493 e. The van der Waals surface area contributed by atoms with Gasteiger partial charge in [0.2, 0.25) is 12.7 Å². The zero-order chi connectivity index (χ0) is 14.5. The van der Waals surface area contributed by atoms with Crippen molar-refractivity contribution < 1.29 is 28.9 Å². The van der Waals surface area contributed by atoms with E-state index in [-0.39, 0.29) is 25.7 Å². The summed E-state index contributed by atoms with van der Waals surface area (Å²) in [6, 6.07) is 4.21. The minimum atomic E-state index is -1.07. The summed E-state index contributed by atoms with van der Waals surface area (Å²) in [5.41, 5.74) is 0. The van der Waals surface area contributed by atoms with Crippen molar-refractivity contribution in [3.63, 3.8) is 0 Å². The van der Waals surface area contributed by atoms with Gasteiger partial charge in [-0.3, -0.25) is 9.59 Å². The van der Waals surface area contributed by atoms with E-state index in [2.05, 4.69) is 5.32 Å². The van der Waals surface area contributed by atoms with E-state index in [0.29, 0.717) is 17.2 Å². The van der Waals surface area contributed by atoms with E-state index in [4.69, 9.17) is 19.3 Å². The second kappa shape index (κ2) is 6.14. The van der Waals surface area contributed by atoms with Crippen molar-refractivity contribution in [1.82, 2.24) is 5.32 Å². The lowest BCUT2D eigenvalue weighted by atomic mass is 10.3. The summed E-state index contributed by atoms with van der Waals surface area (Å²) in [5.74, 6) is 0.376. The van der Waals surface area contributed by atoms with Crippen LogP contribution >= 0.6 is 0 Å². The Labute approximate surface area is 115 Å². The van der Waals surface area contributed by atoms with Gasteiger partial charge in [0.15, 0.2) is 11.5 Å². The van der Waals surface area contributed by atoms with E-state index < -0.39 is 12.0 Å². The third kappa shape index (κ3) is 3.53. The van der Waals surface area contributed by atoms with Crippen LogP contribution in [0.3, 0.4) is 0 Å². The van der Waals surface area contributed by atoms with E-state index in [1.807, 2.05) is 0 Å². The van der Waals surface area contributed by atoms with Gasteiger partial charge < -0.3 is 24.6 Å². The van der Waals surface area contributed by atoms with E-state index >= 15 is 0 Å². The van der Waals surface area contributed by atoms with E-state index in [0.717, 1.165) is 0 Å². The van der Waals surface area contributed by atoms with E-state index in [9.17, 15) is 9.59 Å². The topological polar surface area (TPSA) is 94.1 Å². The standard InChI is InChI=1S/C13H15NO6/c1-8(13(16)17)14-12(15)4-5-18-9-2-3-10-11(6-9)20-7-19-10/h2-3,6,8H,4-5,7H2,1H3,(H,14,15)(H,16,17). The number of fused-ring (bicyclic) bond motifs is 1. The molecule has 1 aliphatic rings. The molecule has 1 aliphatic heterocycles. The third-order valence-corrected chi connectivity index (χ3v) is 2.69. The average Bonchev–Trinajstić information content (AvgIpc) is 2.85. The van der Waals surface area contributed by atoms with Crippen LogP contribution in [0, 0.1) is 0 Å². The fourth-order valence-electron chi connectivity index (χ4n) is 1.60. The fraction of sp³-hybridized carbons (Fsp3) is 0.385. The number of aliphatic carboxylic acids is 1. The first-order chi connectivity index (χ1) is 9.56. The highest BCUT2D eigenvalue weighted by molar-refractivity contribution is 5.83. The molecule has 108 valence electrons. The second-order valence-electron chi connectivity index (χ2n) is 4.24. The molecule has 0 spiro atoms. The number of carbonyl (C=O) groups excluding carboxylic acids is 1. The number of carboxylic acid groups (broad SMARTS) is 1. The Hall–Kier alpha value is -2.44. The molecular formula is C13H15NO6. The lowest BCUT2D eigenvalue weighted by Gasteiger charge is -2.10. The maximum atomic E-state index is 11.4. The molecule has 0 aliphatic carbocycles. The Morgan fingerprint density at radius 2 is 2.15 bits per heavy atom. The predicted octanol–water partition coefficient (Wildman–Crippen LogP) is 0.774. The zero-order valence-corrected chi connectivity index (χ0v) is 10.9. The molecule has 1 heterocycles. The molecule has 1 atom stereocenters. The molecule has 1 aromatic rings. The molecule has 20 heavy (non-hydrogen) atoms. The first-order valence-electron chi connectivity index (χ1n) is 6.11. The fourth-order valence-corrected chi connectivity index (χ4v) is 1.60. The van der Waals surface area contributed by atoms with Crippen molar-refractivity contribution in [1.29, 1.82) is 0 Å². The van der Waals surface area contributed by atoms with Gasteiger partial charge in [-0.05, 0) is 19.1 Å². The van der Waals surface area contributed by atoms with Crippen LogP contribution in [-0.4, -0.2) is 36.4 Å². The SMILES string of the molecule is CC(NC(=O)CCOc1ccc2c(c1)OCO2)C(=O)O. The molecule has 2 N–H and O–H groups in total. The molecule has 0 fully saturated rings. The van der Waals surface area contributed by atoms with Crippen LogP contribution in [0.2, 0.25) is 0 Å². The van der Waals surface area contributed by atoms with Gasteiger partial charge in [0.25, 0.3) is 0 Å². The number of rotatable bonds is 6. The molecule has 7 nitrogen and oxygen atoms in total.